The smallest absolute Gasteiger partial charge is 0.223 e. The third-order valence-electron chi connectivity index (χ3n) is 4.65. The number of carbonyl (C=O) groups is 1. The highest BCUT2D eigenvalue weighted by atomic mass is 32.2. The number of carbonyl (C=O) groups excluding carboxylic acids is 1. The van der Waals surface area contributed by atoms with Crippen molar-refractivity contribution >= 4 is 15.9 Å². The molecule has 7 heteroatoms. The molecule has 0 atom stereocenters. The van der Waals surface area contributed by atoms with Crippen LogP contribution in [0.15, 0.2) is 0 Å². The number of sulfonamides is 1. The number of hydrogen-bond donors (Lipinski definition) is 1. The number of hydrogen-bond acceptors (Lipinski definition) is 4. The molecular weight excluding hydrogens is 290 g/mol. The monoisotopic (exact) mass is 317 g/mol. The molecule has 0 aromatic rings. The van der Waals surface area contributed by atoms with E-state index in [1.165, 1.54) is 4.31 Å². The molecule has 0 saturated carbocycles. The molecule has 2 heterocycles. The van der Waals surface area contributed by atoms with Gasteiger partial charge in [0.2, 0.25) is 15.9 Å². The molecule has 2 aliphatic rings. The van der Waals surface area contributed by atoms with Gasteiger partial charge in [-0.25, -0.2) is 12.7 Å². The summed E-state index contributed by atoms with van der Waals surface area (Å²) < 4.78 is 25.1. The van der Waals surface area contributed by atoms with Crippen LogP contribution in [0, 0.1) is 5.92 Å². The standard InChI is InChI=1S/C14H27N3O3S/c1-3-21(19,20)17-10-4-12(5-11-17)14(18)15-13-6-8-16(2)9-7-13/h12-13H,3-11H2,1-2H3,(H,15,18). The summed E-state index contributed by atoms with van der Waals surface area (Å²) in [5, 5.41) is 3.14. The third kappa shape index (κ3) is 4.40. The summed E-state index contributed by atoms with van der Waals surface area (Å²) in [6.45, 7) is 4.66. The average Bonchev–Trinajstić information content (AvgIpc) is 2.49. The summed E-state index contributed by atoms with van der Waals surface area (Å²) in [6, 6.07) is 0.283. The van der Waals surface area contributed by atoms with Gasteiger partial charge in [0.1, 0.15) is 0 Å². The van der Waals surface area contributed by atoms with Gasteiger partial charge in [0.25, 0.3) is 0 Å². The predicted molar refractivity (Wildman–Crippen MR) is 82.4 cm³/mol. The Morgan fingerprint density at radius 2 is 1.67 bits per heavy atom. The van der Waals surface area contributed by atoms with Gasteiger partial charge in [-0.3, -0.25) is 4.79 Å². The molecule has 2 fully saturated rings. The quantitative estimate of drug-likeness (QED) is 0.807. The van der Waals surface area contributed by atoms with E-state index in [9.17, 15) is 13.2 Å². The second-order valence-electron chi connectivity index (χ2n) is 6.16. The highest BCUT2D eigenvalue weighted by molar-refractivity contribution is 7.89. The van der Waals surface area contributed by atoms with E-state index in [0.29, 0.717) is 25.9 Å². The van der Waals surface area contributed by atoms with Gasteiger partial charge < -0.3 is 10.2 Å². The molecule has 1 amide bonds. The zero-order chi connectivity index (χ0) is 15.5. The Kier molecular flexibility index (Phi) is 5.62. The first-order valence-electron chi connectivity index (χ1n) is 7.89. The average molecular weight is 317 g/mol. The minimum Gasteiger partial charge on any atom is -0.353 e. The zero-order valence-corrected chi connectivity index (χ0v) is 13.9. The minimum atomic E-state index is -3.11. The fourth-order valence-corrected chi connectivity index (χ4v) is 4.18. The Labute approximate surface area is 127 Å². The second-order valence-corrected chi connectivity index (χ2v) is 8.42. The van der Waals surface area contributed by atoms with Crippen LogP contribution in [0.25, 0.3) is 0 Å². The maximum Gasteiger partial charge on any atom is 0.223 e. The van der Waals surface area contributed by atoms with Crippen molar-refractivity contribution in [1.82, 2.24) is 14.5 Å². The predicted octanol–water partition coefficient (Wildman–Crippen LogP) is 0.259. The zero-order valence-electron chi connectivity index (χ0n) is 13.0. The van der Waals surface area contributed by atoms with Crippen molar-refractivity contribution in [3.05, 3.63) is 0 Å². The van der Waals surface area contributed by atoms with Crippen LogP contribution >= 0.6 is 0 Å². The summed E-state index contributed by atoms with van der Waals surface area (Å²) in [6.07, 6.45) is 3.28. The molecule has 0 radical (unpaired) electrons. The van der Waals surface area contributed by atoms with Crippen LogP contribution in [0.2, 0.25) is 0 Å². The maximum atomic E-state index is 12.3. The molecule has 0 aromatic carbocycles. The van der Waals surface area contributed by atoms with Crippen LogP contribution in [0.1, 0.15) is 32.6 Å². The lowest BCUT2D eigenvalue weighted by Crippen LogP contribution is -2.48. The van der Waals surface area contributed by atoms with Gasteiger partial charge in [0, 0.05) is 25.0 Å². The van der Waals surface area contributed by atoms with Crippen molar-refractivity contribution in [2.45, 2.75) is 38.6 Å². The van der Waals surface area contributed by atoms with Crippen molar-refractivity contribution in [3.8, 4) is 0 Å². The van der Waals surface area contributed by atoms with Crippen LogP contribution in [-0.2, 0) is 14.8 Å². The van der Waals surface area contributed by atoms with Gasteiger partial charge in [-0.1, -0.05) is 0 Å². The van der Waals surface area contributed by atoms with Crippen molar-refractivity contribution in [2.24, 2.45) is 5.92 Å². The van der Waals surface area contributed by atoms with E-state index in [0.717, 1.165) is 25.9 Å². The molecule has 0 aromatic heterocycles. The fourth-order valence-electron chi connectivity index (χ4n) is 3.05. The van der Waals surface area contributed by atoms with Crippen molar-refractivity contribution in [1.29, 1.82) is 0 Å². The summed E-state index contributed by atoms with van der Waals surface area (Å²) in [5.41, 5.74) is 0. The van der Waals surface area contributed by atoms with E-state index >= 15 is 0 Å². The molecular formula is C14H27N3O3S. The summed E-state index contributed by atoms with van der Waals surface area (Å²) >= 11 is 0. The topological polar surface area (TPSA) is 69.7 Å². The highest BCUT2D eigenvalue weighted by Crippen LogP contribution is 2.21. The SMILES string of the molecule is CCS(=O)(=O)N1CCC(C(=O)NC2CCN(C)CC2)CC1. The Hall–Kier alpha value is -0.660. The lowest BCUT2D eigenvalue weighted by molar-refractivity contribution is -0.127. The summed E-state index contributed by atoms with van der Waals surface area (Å²) in [7, 11) is -1.01. The van der Waals surface area contributed by atoms with Crippen LogP contribution in [0.3, 0.4) is 0 Å². The molecule has 21 heavy (non-hydrogen) atoms. The van der Waals surface area contributed by atoms with Gasteiger partial charge in [0.05, 0.1) is 5.75 Å². The first-order chi connectivity index (χ1) is 9.92. The van der Waals surface area contributed by atoms with E-state index in [1.54, 1.807) is 6.92 Å². The molecule has 0 bridgehead atoms. The first kappa shape index (κ1) is 16.7. The Bertz CT molecular complexity index is 450. The van der Waals surface area contributed by atoms with Gasteiger partial charge in [-0.2, -0.15) is 0 Å². The highest BCUT2D eigenvalue weighted by Gasteiger charge is 2.31. The number of nitrogens with one attached hydrogen (secondary N) is 1. The summed E-state index contributed by atoms with van der Waals surface area (Å²) in [4.78, 5) is 14.6. The lowest BCUT2D eigenvalue weighted by Gasteiger charge is -2.33. The maximum absolute atomic E-state index is 12.3. The van der Waals surface area contributed by atoms with Gasteiger partial charge in [0.15, 0.2) is 0 Å². The van der Waals surface area contributed by atoms with E-state index in [2.05, 4.69) is 17.3 Å². The van der Waals surface area contributed by atoms with Crippen LogP contribution in [0.4, 0.5) is 0 Å². The largest absolute Gasteiger partial charge is 0.353 e. The van der Waals surface area contributed by atoms with Crippen LogP contribution in [-0.4, -0.2) is 68.6 Å². The molecule has 122 valence electrons. The first-order valence-corrected chi connectivity index (χ1v) is 9.50. The third-order valence-corrected chi connectivity index (χ3v) is 6.53. The molecule has 0 aliphatic carbocycles. The molecule has 2 saturated heterocycles. The molecule has 1 N–H and O–H groups in total. The molecule has 0 spiro atoms. The van der Waals surface area contributed by atoms with Gasteiger partial charge in [-0.05, 0) is 52.7 Å². The fraction of sp³-hybridized carbons (Fsp3) is 0.929. The Morgan fingerprint density at radius 3 is 2.19 bits per heavy atom. The minimum absolute atomic E-state index is 0.0343. The number of piperidine rings is 2. The molecule has 2 rings (SSSR count). The number of likely N-dealkylation sites (tertiary alicyclic amines) is 1. The van der Waals surface area contributed by atoms with E-state index in [1.807, 2.05) is 0 Å². The van der Waals surface area contributed by atoms with Crippen LogP contribution < -0.4 is 5.32 Å². The molecule has 6 nitrogen and oxygen atoms in total. The van der Waals surface area contributed by atoms with E-state index in [4.69, 9.17) is 0 Å². The van der Waals surface area contributed by atoms with E-state index in [-0.39, 0.29) is 23.6 Å². The summed E-state index contributed by atoms with van der Waals surface area (Å²) in [5.74, 6) is 0.213. The lowest BCUT2D eigenvalue weighted by atomic mass is 9.96. The van der Waals surface area contributed by atoms with E-state index < -0.39 is 10.0 Å². The van der Waals surface area contributed by atoms with Crippen molar-refractivity contribution < 1.29 is 13.2 Å². The number of nitrogens with zero attached hydrogens (tertiary/aromatic N) is 2. The number of rotatable bonds is 4. The van der Waals surface area contributed by atoms with Gasteiger partial charge >= 0.3 is 0 Å². The molecule has 2 aliphatic heterocycles. The number of amides is 1. The van der Waals surface area contributed by atoms with Crippen molar-refractivity contribution in [2.75, 3.05) is 39.0 Å². The van der Waals surface area contributed by atoms with Crippen LogP contribution in [0.5, 0.6) is 0 Å². The van der Waals surface area contributed by atoms with Gasteiger partial charge in [-0.15, -0.1) is 0 Å². The Morgan fingerprint density at radius 1 is 1.10 bits per heavy atom. The second kappa shape index (κ2) is 7.07. The molecule has 0 unspecified atom stereocenters. The Balaban J connectivity index is 1.78. The normalized spacial score (nSPS) is 24.1. The van der Waals surface area contributed by atoms with Crippen molar-refractivity contribution in [3.63, 3.8) is 0 Å².